The highest BCUT2D eigenvalue weighted by atomic mass is 35.5. The summed E-state index contributed by atoms with van der Waals surface area (Å²) < 4.78 is 5.23. The number of fused-ring (bicyclic) bond motifs is 1. The van der Waals surface area contributed by atoms with Gasteiger partial charge in [-0.2, -0.15) is 0 Å². The first kappa shape index (κ1) is 13.2. The summed E-state index contributed by atoms with van der Waals surface area (Å²) >= 11 is 6.30. The van der Waals surface area contributed by atoms with Crippen LogP contribution in [0.2, 0.25) is 5.02 Å². The molecule has 0 saturated carbocycles. The van der Waals surface area contributed by atoms with Crippen LogP contribution in [0.25, 0.3) is 10.8 Å². The zero-order chi connectivity index (χ0) is 13.9. The Morgan fingerprint density at radius 1 is 1.10 bits per heavy atom. The summed E-state index contributed by atoms with van der Waals surface area (Å²) in [6, 6.07) is 14.4. The van der Waals surface area contributed by atoms with Crippen molar-refractivity contribution in [1.29, 1.82) is 0 Å². The lowest BCUT2D eigenvalue weighted by molar-refractivity contribution is 0.553. The highest BCUT2D eigenvalue weighted by molar-refractivity contribution is 6.35. The van der Waals surface area contributed by atoms with E-state index in [-0.39, 0.29) is 6.04 Å². The first-order chi connectivity index (χ1) is 9.81. The van der Waals surface area contributed by atoms with Crippen LogP contribution >= 0.6 is 11.6 Å². The number of furan rings is 1. The molecule has 0 saturated heterocycles. The molecule has 1 N–H and O–H groups in total. The fraction of sp³-hybridized carbons (Fsp3) is 0.176. The van der Waals surface area contributed by atoms with Crippen LogP contribution in [-0.2, 0) is 0 Å². The number of nitrogens with one attached hydrogen (secondary N) is 1. The molecule has 1 heterocycles. The van der Waals surface area contributed by atoms with Crippen molar-refractivity contribution >= 4 is 22.4 Å². The Balaban J connectivity index is 2.19. The molecule has 3 aromatic rings. The number of rotatable bonds is 4. The van der Waals surface area contributed by atoms with E-state index in [2.05, 4.69) is 30.4 Å². The minimum atomic E-state index is 0.112. The van der Waals surface area contributed by atoms with Crippen molar-refractivity contribution in [1.82, 2.24) is 5.32 Å². The van der Waals surface area contributed by atoms with Gasteiger partial charge in [0.05, 0.1) is 18.6 Å². The monoisotopic (exact) mass is 285 g/mol. The Morgan fingerprint density at radius 3 is 2.60 bits per heavy atom. The van der Waals surface area contributed by atoms with E-state index >= 15 is 0 Å². The maximum Gasteiger partial charge on any atom is 0.0953 e. The largest absolute Gasteiger partial charge is 0.472 e. The van der Waals surface area contributed by atoms with Crippen LogP contribution in [0.1, 0.15) is 24.1 Å². The molecule has 0 fully saturated rings. The Bertz CT molecular complexity index is 706. The first-order valence-corrected chi connectivity index (χ1v) is 7.11. The highest BCUT2D eigenvalue weighted by Gasteiger charge is 2.17. The van der Waals surface area contributed by atoms with Crippen molar-refractivity contribution in [2.24, 2.45) is 0 Å². The van der Waals surface area contributed by atoms with E-state index in [1.165, 1.54) is 10.9 Å². The molecule has 0 aliphatic rings. The van der Waals surface area contributed by atoms with Crippen molar-refractivity contribution in [3.8, 4) is 0 Å². The number of benzene rings is 2. The van der Waals surface area contributed by atoms with E-state index in [0.29, 0.717) is 0 Å². The summed E-state index contributed by atoms with van der Waals surface area (Å²) in [5.74, 6) is 0. The molecule has 0 bridgehead atoms. The van der Waals surface area contributed by atoms with Crippen LogP contribution in [0.5, 0.6) is 0 Å². The van der Waals surface area contributed by atoms with Crippen molar-refractivity contribution in [2.75, 3.05) is 6.54 Å². The van der Waals surface area contributed by atoms with Gasteiger partial charge >= 0.3 is 0 Å². The molecule has 0 amide bonds. The molecule has 0 aliphatic heterocycles. The standard InChI is InChI=1S/C17H16ClNO/c1-2-19-17(12-9-10-20-11-12)15-7-8-16(18)14-6-4-3-5-13(14)15/h3-11,17,19H,2H2,1H3. The molecule has 2 aromatic carbocycles. The van der Waals surface area contributed by atoms with E-state index in [1.807, 2.05) is 24.3 Å². The third kappa shape index (κ3) is 2.33. The van der Waals surface area contributed by atoms with Gasteiger partial charge in [0.15, 0.2) is 0 Å². The lowest BCUT2D eigenvalue weighted by Crippen LogP contribution is -2.21. The summed E-state index contributed by atoms with van der Waals surface area (Å²) in [5.41, 5.74) is 2.34. The molecule has 0 radical (unpaired) electrons. The lowest BCUT2D eigenvalue weighted by Gasteiger charge is -2.19. The summed E-state index contributed by atoms with van der Waals surface area (Å²) in [4.78, 5) is 0. The molecule has 102 valence electrons. The third-order valence-electron chi connectivity index (χ3n) is 3.50. The van der Waals surface area contributed by atoms with Gasteiger partial charge in [-0.1, -0.05) is 48.9 Å². The summed E-state index contributed by atoms with van der Waals surface area (Å²) in [5, 5.41) is 6.55. The molecule has 3 rings (SSSR count). The Labute approximate surface area is 123 Å². The molecule has 2 nitrogen and oxygen atoms in total. The SMILES string of the molecule is CCNC(c1ccoc1)c1ccc(Cl)c2ccccc12. The van der Waals surface area contributed by atoms with Gasteiger partial charge in [0.2, 0.25) is 0 Å². The Hall–Kier alpha value is -1.77. The first-order valence-electron chi connectivity index (χ1n) is 6.74. The van der Waals surface area contributed by atoms with Crippen molar-refractivity contribution in [2.45, 2.75) is 13.0 Å². The molecule has 1 aromatic heterocycles. The Kier molecular flexibility index (Phi) is 3.77. The van der Waals surface area contributed by atoms with Gasteiger partial charge < -0.3 is 9.73 Å². The minimum absolute atomic E-state index is 0.112. The van der Waals surface area contributed by atoms with Crippen LogP contribution in [0.15, 0.2) is 59.4 Å². The number of hydrogen-bond donors (Lipinski definition) is 1. The van der Waals surface area contributed by atoms with E-state index < -0.39 is 0 Å². The van der Waals surface area contributed by atoms with Crippen LogP contribution in [0, 0.1) is 0 Å². The average molecular weight is 286 g/mol. The van der Waals surface area contributed by atoms with Crippen LogP contribution < -0.4 is 5.32 Å². The van der Waals surface area contributed by atoms with Gasteiger partial charge in [0.1, 0.15) is 0 Å². The van der Waals surface area contributed by atoms with Crippen molar-refractivity contribution in [3.63, 3.8) is 0 Å². The van der Waals surface area contributed by atoms with Gasteiger partial charge in [0.25, 0.3) is 0 Å². The van der Waals surface area contributed by atoms with Crippen molar-refractivity contribution < 1.29 is 4.42 Å². The average Bonchev–Trinajstić information content (AvgIpc) is 3.00. The fourth-order valence-electron chi connectivity index (χ4n) is 2.59. The number of halogens is 1. The van der Waals surface area contributed by atoms with Gasteiger partial charge in [-0.3, -0.25) is 0 Å². The summed E-state index contributed by atoms with van der Waals surface area (Å²) in [6.07, 6.45) is 3.49. The van der Waals surface area contributed by atoms with Crippen LogP contribution in [0.4, 0.5) is 0 Å². The number of hydrogen-bond acceptors (Lipinski definition) is 2. The molecule has 1 unspecified atom stereocenters. The van der Waals surface area contributed by atoms with Crippen molar-refractivity contribution in [3.05, 3.63) is 71.1 Å². The Morgan fingerprint density at radius 2 is 1.90 bits per heavy atom. The second-order valence-corrected chi connectivity index (χ2v) is 5.14. The van der Waals surface area contributed by atoms with Gasteiger partial charge in [-0.25, -0.2) is 0 Å². The molecular weight excluding hydrogens is 270 g/mol. The smallest absolute Gasteiger partial charge is 0.0953 e. The topological polar surface area (TPSA) is 25.2 Å². The van der Waals surface area contributed by atoms with Crippen LogP contribution in [0.3, 0.4) is 0 Å². The molecule has 1 atom stereocenters. The normalized spacial score (nSPS) is 12.7. The summed E-state index contributed by atoms with van der Waals surface area (Å²) in [6.45, 7) is 2.98. The van der Waals surface area contributed by atoms with E-state index in [1.54, 1.807) is 12.5 Å². The zero-order valence-electron chi connectivity index (χ0n) is 11.3. The minimum Gasteiger partial charge on any atom is -0.472 e. The van der Waals surface area contributed by atoms with Gasteiger partial charge in [-0.15, -0.1) is 0 Å². The lowest BCUT2D eigenvalue weighted by atomic mass is 9.95. The van der Waals surface area contributed by atoms with E-state index in [4.69, 9.17) is 16.0 Å². The molecule has 0 spiro atoms. The van der Waals surface area contributed by atoms with E-state index in [9.17, 15) is 0 Å². The predicted molar refractivity (Wildman–Crippen MR) is 83.2 cm³/mol. The van der Waals surface area contributed by atoms with E-state index in [0.717, 1.165) is 22.5 Å². The second-order valence-electron chi connectivity index (χ2n) is 4.73. The second kappa shape index (κ2) is 5.70. The zero-order valence-corrected chi connectivity index (χ0v) is 12.0. The maximum atomic E-state index is 6.30. The fourth-order valence-corrected chi connectivity index (χ4v) is 2.82. The molecule has 0 aliphatic carbocycles. The molecular formula is C17H16ClNO. The third-order valence-corrected chi connectivity index (χ3v) is 3.83. The highest BCUT2D eigenvalue weighted by Crippen LogP contribution is 2.32. The van der Waals surface area contributed by atoms with Gasteiger partial charge in [0, 0.05) is 16.0 Å². The van der Waals surface area contributed by atoms with Crippen LogP contribution in [-0.4, -0.2) is 6.54 Å². The molecule has 3 heteroatoms. The quantitative estimate of drug-likeness (QED) is 0.746. The predicted octanol–water partition coefficient (Wildman–Crippen LogP) is 4.79. The molecule has 20 heavy (non-hydrogen) atoms. The maximum absolute atomic E-state index is 6.30. The summed E-state index contributed by atoms with van der Waals surface area (Å²) in [7, 11) is 0. The van der Waals surface area contributed by atoms with Gasteiger partial charge in [-0.05, 0) is 29.6 Å².